The van der Waals surface area contributed by atoms with Crippen molar-refractivity contribution in [3.8, 4) is 6.07 Å². The van der Waals surface area contributed by atoms with Gasteiger partial charge in [-0.3, -0.25) is 9.59 Å². The van der Waals surface area contributed by atoms with E-state index in [-0.39, 0.29) is 18.7 Å². The van der Waals surface area contributed by atoms with Crippen LogP contribution in [0.2, 0.25) is 0 Å². The minimum absolute atomic E-state index is 0.220. The molecule has 0 heterocycles. The van der Waals surface area contributed by atoms with E-state index in [1.165, 1.54) is 6.92 Å². The molecule has 0 aliphatic heterocycles. The largest absolute Gasteiger partial charge is 0.480 e. The summed E-state index contributed by atoms with van der Waals surface area (Å²) in [5, 5.41) is 24.9. The summed E-state index contributed by atoms with van der Waals surface area (Å²) in [5.41, 5.74) is -0.861. The lowest BCUT2D eigenvalue weighted by Crippen LogP contribution is -2.39. The topological polar surface area (TPSA) is 141 Å². The van der Waals surface area contributed by atoms with Gasteiger partial charge in [-0.2, -0.15) is 5.26 Å². The minimum atomic E-state index is -1.20. The molecule has 0 rings (SSSR count). The molecule has 2 amide bonds. The number of carboxylic acid groups (broad SMARTS) is 1. The Labute approximate surface area is 134 Å². The molecule has 0 aromatic heterocycles. The van der Waals surface area contributed by atoms with Gasteiger partial charge in [-0.15, -0.1) is 0 Å². The highest BCUT2D eigenvalue weighted by Gasteiger charge is 2.17. The first kappa shape index (κ1) is 20.2. The molecule has 0 radical (unpaired) electrons. The number of hydrogen-bond donors (Lipinski definition) is 4. The third-order valence-corrected chi connectivity index (χ3v) is 2.27. The van der Waals surface area contributed by atoms with Crippen molar-refractivity contribution in [1.82, 2.24) is 16.0 Å². The van der Waals surface area contributed by atoms with Gasteiger partial charge in [0.05, 0.1) is 0 Å². The number of rotatable bonds is 7. The maximum Gasteiger partial charge on any atom is 0.407 e. The smallest absolute Gasteiger partial charge is 0.407 e. The fourth-order valence-electron chi connectivity index (χ4n) is 1.21. The summed E-state index contributed by atoms with van der Waals surface area (Å²) in [6, 6.07) is 0.555. The third-order valence-electron chi connectivity index (χ3n) is 2.27. The van der Waals surface area contributed by atoms with E-state index in [9.17, 15) is 14.4 Å². The van der Waals surface area contributed by atoms with Crippen LogP contribution in [-0.2, 0) is 14.3 Å². The van der Waals surface area contributed by atoms with Crippen LogP contribution in [0.5, 0.6) is 0 Å². The molecule has 0 spiro atoms. The maximum absolute atomic E-state index is 11.6. The Morgan fingerprint density at radius 2 is 1.91 bits per heavy atom. The van der Waals surface area contributed by atoms with Crippen molar-refractivity contribution in [2.75, 3.05) is 13.1 Å². The molecular weight excluding hydrogens is 304 g/mol. The molecule has 0 aliphatic carbocycles. The Morgan fingerprint density at radius 1 is 1.30 bits per heavy atom. The predicted molar refractivity (Wildman–Crippen MR) is 81.2 cm³/mol. The predicted octanol–water partition coefficient (Wildman–Crippen LogP) is 0.0975. The molecule has 0 saturated carbocycles. The van der Waals surface area contributed by atoms with Gasteiger partial charge in [0.1, 0.15) is 23.3 Å². The molecule has 4 N–H and O–H groups in total. The van der Waals surface area contributed by atoms with Crippen LogP contribution in [0.25, 0.3) is 0 Å². The van der Waals surface area contributed by atoms with Gasteiger partial charge >= 0.3 is 12.1 Å². The Morgan fingerprint density at radius 3 is 2.39 bits per heavy atom. The minimum Gasteiger partial charge on any atom is -0.480 e. The van der Waals surface area contributed by atoms with Crippen molar-refractivity contribution in [2.45, 2.75) is 39.3 Å². The molecule has 0 aliphatic rings. The highest BCUT2D eigenvalue weighted by atomic mass is 16.6. The molecule has 23 heavy (non-hydrogen) atoms. The number of carboxylic acids is 1. The second kappa shape index (κ2) is 9.30. The van der Waals surface area contributed by atoms with Crippen molar-refractivity contribution in [1.29, 1.82) is 5.26 Å². The summed E-state index contributed by atoms with van der Waals surface area (Å²) >= 11 is 0. The Balaban J connectivity index is 4.22. The summed E-state index contributed by atoms with van der Waals surface area (Å²) in [6.07, 6.45) is 0.581. The Kier molecular flexibility index (Phi) is 8.18. The summed E-state index contributed by atoms with van der Waals surface area (Å²) in [4.78, 5) is 33.6. The fraction of sp³-hybridized carbons (Fsp3) is 0.571. The number of hydrogen-bond acceptors (Lipinski definition) is 6. The second-order valence-electron chi connectivity index (χ2n) is 5.59. The molecule has 128 valence electrons. The summed E-state index contributed by atoms with van der Waals surface area (Å²) < 4.78 is 5.03. The number of nitrogens with one attached hydrogen (secondary N) is 3. The van der Waals surface area contributed by atoms with E-state index in [1.807, 2.05) is 0 Å². The van der Waals surface area contributed by atoms with Crippen LogP contribution >= 0.6 is 0 Å². The zero-order valence-electron chi connectivity index (χ0n) is 13.6. The molecule has 0 bridgehead atoms. The average molecular weight is 326 g/mol. The van der Waals surface area contributed by atoms with Crippen LogP contribution in [0.15, 0.2) is 11.8 Å². The molecule has 9 nitrogen and oxygen atoms in total. The van der Waals surface area contributed by atoms with Gasteiger partial charge in [-0.1, -0.05) is 0 Å². The molecular formula is C14H22N4O5. The van der Waals surface area contributed by atoms with Crippen molar-refractivity contribution < 1.29 is 24.2 Å². The lowest BCUT2D eigenvalue weighted by atomic mass is 10.2. The zero-order valence-corrected chi connectivity index (χ0v) is 13.6. The van der Waals surface area contributed by atoms with E-state index in [2.05, 4.69) is 16.0 Å². The number of amides is 2. The first-order chi connectivity index (χ1) is 10.6. The van der Waals surface area contributed by atoms with Crippen LogP contribution in [0.4, 0.5) is 4.79 Å². The second-order valence-corrected chi connectivity index (χ2v) is 5.59. The highest BCUT2D eigenvalue weighted by Crippen LogP contribution is 2.05. The number of alkyl carbamates (subject to hydrolysis) is 1. The van der Waals surface area contributed by atoms with Crippen LogP contribution in [0.3, 0.4) is 0 Å². The quantitative estimate of drug-likeness (QED) is 0.295. The summed E-state index contributed by atoms with van der Waals surface area (Å²) in [7, 11) is 0. The van der Waals surface area contributed by atoms with E-state index in [0.29, 0.717) is 0 Å². The normalized spacial score (nSPS) is 12.6. The summed E-state index contributed by atoms with van der Waals surface area (Å²) in [6.45, 7) is 6.98. The lowest BCUT2D eigenvalue weighted by Gasteiger charge is -2.19. The van der Waals surface area contributed by atoms with Gasteiger partial charge in [-0.05, 0) is 27.7 Å². The molecule has 9 heteroatoms. The van der Waals surface area contributed by atoms with E-state index in [0.717, 1.165) is 6.20 Å². The van der Waals surface area contributed by atoms with Crippen molar-refractivity contribution in [2.24, 2.45) is 0 Å². The van der Waals surface area contributed by atoms with Crippen LogP contribution in [-0.4, -0.2) is 47.8 Å². The van der Waals surface area contributed by atoms with Gasteiger partial charge in [0.25, 0.3) is 5.91 Å². The first-order valence-electron chi connectivity index (χ1n) is 6.91. The van der Waals surface area contributed by atoms with Gasteiger partial charge < -0.3 is 25.8 Å². The monoisotopic (exact) mass is 326 g/mol. The first-order valence-corrected chi connectivity index (χ1v) is 6.91. The number of carbonyl (C=O) groups excluding carboxylic acids is 2. The SMILES string of the molecule is CC(NC(=O)/C(C#N)=C\NCCNC(=O)OC(C)(C)C)C(=O)O. The van der Waals surface area contributed by atoms with Crippen molar-refractivity contribution >= 4 is 18.0 Å². The number of nitrogens with zero attached hydrogens (tertiary/aromatic N) is 1. The number of nitriles is 1. The van der Waals surface area contributed by atoms with Crippen molar-refractivity contribution in [3.63, 3.8) is 0 Å². The molecule has 1 atom stereocenters. The standard InChI is InChI=1S/C14H22N4O5/c1-9(12(20)21)18-11(19)10(7-15)8-16-5-6-17-13(22)23-14(2,3)4/h8-9,16H,5-6H2,1-4H3,(H,17,22)(H,18,19)(H,20,21)/b10-8-. The van der Waals surface area contributed by atoms with Gasteiger partial charge in [0.2, 0.25) is 0 Å². The van der Waals surface area contributed by atoms with E-state index >= 15 is 0 Å². The van der Waals surface area contributed by atoms with E-state index in [4.69, 9.17) is 15.1 Å². The van der Waals surface area contributed by atoms with Gasteiger partial charge in [0, 0.05) is 19.3 Å². The van der Waals surface area contributed by atoms with Gasteiger partial charge in [-0.25, -0.2) is 4.79 Å². The lowest BCUT2D eigenvalue weighted by molar-refractivity contribution is -0.140. The van der Waals surface area contributed by atoms with Crippen LogP contribution < -0.4 is 16.0 Å². The van der Waals surface area contributed by atoms with Crippen molar-refractivity contribution in [3.05, 3.63) is 11.8 Å². The number of ether oxygens (including phenoxy) is 1. The average Bonchev–Trinajstić information content (AvgIpc) is 2.40. The van der Waals surface area contributed by atoms with E-state index in [1.54, 1.807) is 26.8 Å². The molecule has 0 aromatic carbocycles. The molecule has 1 unspecified atom stereocenters. The fourth-order valence-corrected chi connectivity index (χ4v) is 1.21. The number of aliphatic carboxylic acids is 1. The van der Waals surface area contributed by atoms with Crippen LogP contribution in [0.1, 0.15) is 27.7 Å². The molecule has 0 saturated heterocycles. The number of carbonyl (C=O) groups is 3. The van der Waals surface area contributed by atoms with Crippen LogP contribution in [0, 0.1) is 11.3 Å². The molecule has 0 aromatic rings. The Bertz CT molecular complexity index is 516. The summed E-state index contributed by atoms with van der Waals surface area (Å²) in [5.74, 6) is -2.00. The third kappa shape index (κ3) is 9.73. The maximum atomic E-state index is 11.6. The van der Waals surface area contributed by atoms with Gasteiger partial charge in [0.15, 0.2) is 0 Å². The van der Waals surface area contributed by atoms with E-state index < -0.39 is 29.6 Å². The molecule has 0 fully saturated rings. The highest BCUT2D eigenvalue weighted by molar-refractivity contribution is 5.99. The Hall–Kier alpha value is -2.76. The zero-order chi connectivity index (χ0) is 18.0.